The highest BCUT2D eigenvalue weighted by atomic mass is 32.1. The Morgan fingerprint density at radius 1 is 1.20 bits per heavy atom. The minimum Gasteiger partial charge on any atom is -0.355 e. The van der Waals surface area contributed by atoms with E-state index in [0.29, 0.717) is 17.3 Å². The summed E-state index contributed by atoms with van der Waals surface area (Å²) in [5.74, 6) is 0.631. The highest BCUT2D eigenvalue weighted by molar-refractivity contribution is 7.07. The minimum atomic E-state index is -0.122. The summed E-state index contributed by atoms with van der Waals surface area (Å²) in [5.41, 5.74) is 0. The Morgan fingerprint density at radius 3 is 2.80 bits per heavy atom. The summed E-state index contributed by atoms with van der Waals surface area (Å²) in [4.78, 5) is 27.0. The van der Waals surface area contributed by atoms with Crippen molar-refractivity contribution in [3.8, 4) is 0 Å². The topological polar surface area (TPSA) is 87.2 Å². The van der Waals surface area contributed by atoms with E-state index in [-0.39, 0.29) is 17.9 Å². The molecule has 138 valence electrons. The first-order chi connectivity index (χ1) is 12.2. The van der Waals surface area contributed by atoms with Gasteiger partial charge in [-0.25, -0.2) is 0 Å². The Balaban J connectivity index is 1.38. The van der Waals surface area contributed by atoms with Gasteiger partial charge in [0.2, 0.25) is 5.91 Å². The predicted octanol–water partition coefficient (Wildman–Crippen LogP) is 1.43. The molecule has 0 aromatic carbocycles. The van der Waals surface area contributed by atoms with Crippen LogP contribution in [0.1, 0.15) is 54.6 Å². The monoisotopic (exact) mass is 365 g/mol. The summed E-state index contributed by atoms with van der Waals surface area (Å²) in [5, 5.41) is 9.82. The van der Waals surface area contributed by atoms with Gasteiger partial charge < -0.3 is 10.6 Å². The van der Waals surface area contributed by atoms with Crippen LogP contribution < -0.4 is 10.6 Å². The Bertz CT molecular complexity index is 559. The normalized spacial score (nSPS) is 22.5. The van der Waals surface area contributed by atoms with Crippen molar-refractivity contribution in [1.29, 1.82) is 0 Å². The number of carbonyl (C=O) groups excluding carboxylic acids is 2. The van der Waals surface area contributed by atoms with Crippen LogP contribution in [0.3, 0.4) is 0 Å². The summed E-state index contributed by atoms with van der Waals surface area (Å²) in [7, 11) is 0. The Labute approximate surface area is 152 Å². The number of hydrogen-bond acceptors (Lipinski definition) is 6. The van der Waals surface area contributed by atoms with Gasteiger partial charge in [0.05, 0.1) is 12.7 Å². The Kier molecular flexibility index (Phi) is 6.75. The Hall–Kier alpha value is -1.54. The van der Waals surface area contributed by atoms with Crippen LogP contribution >= 0.6 is 11.5 Å². The Morgan fingerprint density at radius 2 is 2.04 bits per heavy atom. The van der Waals surface area contributed by atoms with Crippen LogP contribution in [0.5, 0.6) is 0 Å². The lowest BCUT2D eigenvalue weighted by molar-refractivity contribution is -0.122. The zero-order valence-electron chi connectivity index (χ0n) is 14.6. The summed E-state index contributed by atoms with van der Waals surface area (Å²) in [6, 6.07) is 0.0782. The second-order valence-electron chi connectivity index (χ2n) is 7.14. The third-order valence-electron chi connectivity index (χ3n) is 5.11. The second-order valence-corrected chi connectivity index (χ2v) is 7.92. The lowest BCUT2D eigenvalue weighted by atomic mass is 9.89. The van der Waals surface area contributed by atoms with Crippen LogP contribution in [-0.4, -0.2) is 58.5 Å². The smallest absolute Gasteiger partial charge is 0.264 e. The van der Waals surface area contributed by atoms with Crippen LogP contribution in [0.25, 0.3) is 0 Å². The number of nitrogens with zero attached hydrogens (tertiary/aromatic N) is 3. The van der Waals surface area contributed by atoms with E-state index in [2.05, 4.69) is 25.1 Å². The SMILES string of the molecule is O=C(CN1CCC[C@@H](NC(=O)c2cnns2)C1)NCC1CCCCC1. The van der Waals surface area contributed by atoms with E-state index in [0.717, 1.165) is 44.0 Å². The van der Waals surface area contributed by atoms with Gasteiger partial charge in [0, 0.05) is 19.1 Å². The van der Waals surface area contributed by atoms with Gasteiger partial charge in [0.1, 0.15) is 4.88 Å². The molecule has 1 aliphatic heterocycles. The van der Waals surface area contributed by atoms with Gasteiger partial charge in [-0.3, -0.25) is 14.5 Å². The molecule has 2 heterocycles. The molecule has 1 aromatic heterocycles. The molecule has 3 rings (SSSR count). The number of likely N-dealkylation sites (tertiary alicyclic amines) is 1. The van der Waals surface area contributed by atoms with Gasteiger partial charge in [-0.2, -0.15) is 0 Å². The van der Waals surface area contributed by atoms with Crippen molar-refractivity contribution in [3.05, 3.63) is 11.1 Å². The lowest BCUT2D eigenvalue weighted by Gasteiger charge is -2.32. The quantitative estimate of drug-likeness (QED) is 0.796. The van der Waals surface area contributed by atoms with Gasteiger partial charge in [-0.05, 0) is 49.7 Å². The molecule has 2 aliphatic rings. The average molecular weight is 366 g/mol. The molecule has 2 amide bonds. The molecule has 2 fully saturated rings. The number of amides is 2. The second kappa shape index (κ2) is 9.24. The molecule has 1 saturated heterocycles. The molecule has 1 atom stereocenters. The van der Waals surface area contributed by atoms with Crippen molar-refractivity contribution < 1.29 is 9.59 Å². The highest BCUT2D eigenvalue weighted by Gasteiger charge is 2.24. The molecule has 1 aliphatic carbocycles. The highest BCUT2D eigenvalue weighted by Crippen LogP contribution is 2.22. The zero-order chi connectivity index (χ0) is 17.5. The predicted molar refractivity (Wildman–Crippen MR) is 96.4 cm³/mol. The van der Waals surface area contributed by atoms with Crippen LogP contribution in [0, 0.1) is 5.92 Å². The van der Waals surface area contributed by atoms with Crippen molar-refractivity contribution in [1.82, 2.24) is 25.1 Å². The molecule has 0 radical (unpaired) electrons. The van der Waals surface area contributed by atoms with E-state index < -0.39 is 0 Å². The number of nitrogens with one attached hydrogen (secondary N) is 2. The summed E-state index contributed by atoms with van der Waals surface area (Å²) in [6.45, 7) is 2.85. The molecule has 2 N–H and O–H groups in total. The van der Waals surface area contributed by atoms with E-state index in [1.54, 1.807) is 0 Å². The number of rotatable bonds is 6. The largest absolute Gasteiger partial charge is 0.355 e. The van der Waals surface area contributed by atoms with E-state index in [1.165, 1.54) is 38.3 Å². The van der Waals surface area contributed by atoms with Crippen LogP contribution in [0.2, 0.25) is 0 Å². The van der Waals surface area contributed by atoms with E-state index in [1.807, 2.05) is 0 Å². The van der Waals surface area contributed by atoms with Crippen molar-refractivity contribution in [3.63, 3.8) is 0 Å². The molecule has 8 heteroatoms. The van der Waals surface area contributed by atoms with Crippen LogP contribution in [0.15, 0.2) is 6.20 Å². The maximum Gasteiger partial charge on any atom is 0.264 e. The average Bonchev–Trinajstić information content (AvgIpc) is 3.16. The summed E-state index contributed by atoms with van der Waals surface area (Å²) in [6.07, 6.45) is 9.82. The third kappa shape index (κ3) is 5.74. The summed E-state index contributed by atoms with van der Waals surface area (Å²) >= 11 is 1.10. The van der Waals surface area contributed by atoms with Crippen molar-refractivity contribution in [2.24, 2.45) is 5.92 Å². The van der Waals surface area contributed by atoms with Crippen LogP contribution in [-0.2, 0) is 4.79 Å². The first-order valence-corrected chi connectivity index (χ1v) is 10.1. The standard InChI is InChI=1S/C17H27N5O2S/c23-16(18-9-13-5-2-1-3-6-13)12-22-8-4-7-14(11-22)20-17(24)15-10-19-21-25-15/h10,13-14H,1-9,11-12H2,(H,18,23)(H,20,24)/t14-/m1/s1. The fourth-order valence-corrected chi connectivity index (χ4v) is 4.17. The molecule has 25 heavy (non-hydrogen) atoms. The van der Waals surface area contributed by atoms with Crippen molar-refractivity contribution in [2.45, 2.75) is 51.0 Å². The molecule has 1 aromatic rings. The fourth-order valence-electron chi connectivity index (χ4n) is 3.75. The lowest BCUT2D eigenvalue weighted by Crippen LogP contribution is -2.50. The van der Waals surface area contributed by atoms with Gasteiger partial charge in [-0.1, -0.05) is 23.8 Å². The maximum atomic E-state index is 12.2. The number of hydrogen-bond donors (Lipinski definition) is 2. The van der Waals surface area contributed by atoms with E-state index >= 15 is 0 Å². The van der Waals surface area contributed by atoms with Gasteiger partial charge >= 0.3 is 0 Å². The third-order valence-corrected chi connectivity index (χ3v) is 5.77. The van der Waals surface area contributed by atoms with E-state index in [4.69, 9.17) is 0 Å². The van der Waals surface area contributed by atoms with Crippen molar-refractivity contribution >= 4 is 23.3 Å². The molecular formula is C17H27N5O2S. The van der Waals surface area contributed by atoms with Crippen LogP contribution in [0.4, 0.5) is 0 Å². The number of aromatic nitrogens is 2. The maximum absolute atomic E-state index is 12.2. The molecular weight excluding hydrogens is 338 g/mol. The summed E-state index contributed by atoms with van der Waals surface area (Å²) < 4.78 is 3.72. The minimum absolute atomic E-state index is 0.0782. The number of carbonyl (C=O) groups is 2. The van der Waals surface area contributed by atoms with Gasteiger partial charge in [0.25, 0.3) is 5.91 Å². The zero-order valence-corrected chi connectivity index (χ0v) is 15.4. The molecule has 7 nitrogen and oxygen atoms in total. The molecule has 0 spiro atoms. The molecule has 1 saturated carbocycles. The van der Waals surface area contributed by atoms with Crippen molar-refractivity contribution in [2.75, 3.05) is 26.2 Å². The first-order valence-electron chi connectivity index (χ1n) is 9.28. The number of piperidine rings is 1. The van der Waals surface area contributed by atoms with Gasteiger partial charge in [0.15, 0.2) is 0 Å². The molecule has 0 bridgehead atoms. The first kappa shape index (κ1) is 18.3. The fraction of sp³-hybridized carbons (Fsp3) is 0.765. The van der Waals surface area contributed by atoms with Gasteiger partial charge in [-0.15, -0.1) is 5.10 Å². The van der Waals surface area contributed by atoms with E-state index in [9.17, 15) is 9.59 Å². The molecule has 0 unspecified atom stereocenters.